The zero-order valence-electron chi connectivity index (χ0n) is 12.6. The molecule has 2 rings (SSSR count). The van der Waals surface area contributed by atoms with Gasteiger partial charge in [0.15, 0.2) is 0 Å². The summed E-state index contributed by atoms with van der Waals surface area (Å²) in [5, 5.41) is 0. The van der Waals surface area contributed by atoms with Crippen molar-refractivity contribution in [3.05, 3.63) is 40.4 Å². The van der Waals surface area contributed by atoms with Crippen LogP contribution in [0.4, 0.5) is 0 Å². The fourth-order valence-corrected chi connectivity index (χ4v) is 3.93. The molecular weight excluding hydrogens is 368 g/mol. The smallest absolute Gasteiger partial charge is 0.246 e. The largest absolute Gasteiger partial charge is 0.337 e. The molecule has 1 saturated heterocycles. The van der Waals surface area contributed by atoms with Gasteiger partial charge >= 0.3 is 0 Å². The maximum absolute atomic E-state index is 12.5. The molecule has 0 atom stereocenters. The second-order valence-electron chi connectivity index (χ2n) is 5.40. The molecule has 22 heavy (non-hydrogen) atoms. The molecule has 0 radical (unpaired) electrons. The Balaban J connectivity index is 2.06. The summed E-state index contributed by atoms with van der Waals surface area (Å²) in [5.74, 6) is -0.0549. The number of nitrogens with zero attached hydrogens (tertiary/aromatic N) is 2. The number of allylic oxidation sites excluding steroid dienone is 1. The van der Waals surface area contributed by atoms with Gasteiger partial charge in [0.05, 0.1) is 4.90 Å². The number of hydrogen-bond acceptors (Lipinski definition) is 3. The van der Waals surface area contributed by atoms with E-state index in [1.54, 1.807) is 35.2 Å². The maximum Gasteiger partial charge on any atom is 0.246 e. The first-order valence-corrected chi connectivity index (χ1v) is 9.23. The lowest BCUT2D eigenvalue weighted by Crippen LogP contribution is -2.50. The van der Waals surface area contributed by atoms with Gasteiger partial charge in [-0.05, 0) is 38.1 Å². The molecule has 1 heterocycles. The fourth-order valence-electron chi connectivity index (χ4n) is 2.24. The van der Waals surface area contributed by atoms with Gasteiger partial charge in [0.25, 0.3) is 0 Å². The predicted octanol–water partition coefficient (Wildman–Crippen LogP) is 2.25. The summed E-state index contributed by atoms with van der Waals surface area (Å²) in [6, 6.07) is 6.59. The highest BCUT2D eigenvalue weighted by Crippen LogP contribution is 2.20. The molecule has 5 nitrogen and oxygen atoms in total. The number of rotatable bonds is 3. The molecule has 0 N–H and O–H groups in total. The van der Waals surface area contributed by atoms with E-state index in [-0.39, 0.29) is 10.8 Å². The standard InChI is InChI=1S/C15H19BrN2O3S/c1-12(2)11-15(19)17-7-9-18(10-8-17)22(20,21)14-5-3-13(16)4-6-14/h3-6,11H,7-10H2,1-2H3. The molecule has 0 spiro atoms. The third kappa shape index (κ3) is 3.97. The van der Waals surface area contributed by atoms with Crippen LogP contribution in [0.1, 0.15) is 13.8 Å². The Morgan fingerprint density at radius 2 is 1.64 bits per heavy atom. The molecule has 1 aliphatic rings. The van der Waals surface area contributed by atoms with Gasteiger partial charge in [-0.25, -0.2) is 8.42 Å². The average Bonchev–Trinajstić information content (AvgIpc) is 2.47. The molecule has 1 aliphatic heterocycles. The lowest BCUT2D eigenvalue weighted by Gasteiger charge is -2.33. The van der Waals surface area contributed by atoms with E-state index in [0.29, 0.717) is 26.2 Å². The summed E-state index contributed by atoms with van der Waals surface area (Å²) in [6.07, 6.45) is 1.58. The van der Waals surface area contributed by atoms with Crippen LogP contribution in [0.2, 0.25) is 0 Å². The highest BCUT2D eigenvalue weighted by molar-refractivity contribution is 9.10. The predicted molar refractivity (Wildman–Crippen MR) is 88.9 cm³/mol. The molecular formula is C15H19BrN2O3S. The summed E-state index contributed by atoms with van der Waals surface area (Å²) >= 11 is 3.29. The minimum atomic E-state index is -3.49. The van der Waals surface area contributed by atoms with Crippen LogP contribution in [-0.4, -0.2) is 49.7 Å². The SMILES string of the molecule is CC(C)=CC(=O)N1CCN(S(=O)(=O)c2ccc(Br)cc2)CC1. The van der Waals surface area contributed by atoms with Gasteiger partial charge in [-0.2, -0.15) is 4.31 Å². The fraction of sp³-hybridized carbons (Fsp3) is 0.400. The first-order valence-electron chi connectivity index (χ1n) is 7.00. The zero-order chi connectivity index (χ0) is 16.3. The van der Waals surface area contributed by atoms with E-state index in [1.807, 2.05) is 13.8 Å². The first-order chi connectivity index (χ1) is 10.3. The molecule has 0 saturated carbocycles. The molecule has 1 aromatic carbocycles. The highest BCUT2D eigenvalue weighted by atomic mass is 79.9. The second-order valence-corrected chi connectivity index (χ2v) is 8.26. The Bertz CT molecular complexity index is 671. The van der Waals surface area contributed by atoms with Crippen molar-refractivity contribution in [2.45, 2.75) is 18.7 Å². The molecule has 0 bridgehead atoms. The van der Waals surface area contributed by atoms with E-state index in [9.17, 15) is 13.2 Å². The Hall–Kier alpha value is -1.18. The number of carbonyl (C=O) groups is 1. The second kappa shape index (κ2) is 6.93. The van der Waals surface area contributed by atoms with Gasteiger partial charge in [0.2, 0.25) is 15.9 Å². The Labute approximate surface area is 139 Å². The molecule has 7 heteroatoms. The van der Waals surface area contributed by atoms with Gasteiger partial charge in [-0.15, -0.1) is 0 Å². The van der Waals surface area contributed by atoms with Gasteiger partial charge in [-0.3, -0.25) is 4.79 Å². The first kappa shape index (κ1) is 17.2. The summed E-state index contributed by atoms with van der Waals surface area (Å²) in [4.78, 5) is 13.9. The molecule has 1 fully saturated rings. The monoisotopic (exact) mass is 386 g/mol. The Morgan fingerprint density at radius 1 is 1.09 bits per heavy atom. The van der Waals surface area contributed by atoms with Crippen molar-refractivity contribution in [2.24, 2.45) is 0 Å². The van der Waals surface area contributed by atoms with Crippen LogP contribution in [0, 0.1) is 0 Å². The van der Waals surface area contributed by atoms with Crippen LogP contribution in [0.3, 0.4) is 0 Å². The third-order valence-electron chi connectivity index (χ3n) is 3.41. The van der Waals surface area contributed by atoms with Crippen LogP contribution >= 0.6 is 15.9 Å². The lowest BCUT2D eigenvalue weighted by molar-refractivity contribution is -0.127. The number of halogens is 1. The zero-order valence-corrected chi connectivity index (χ0v) is 15.0. The van der Waals surface area contributed by atoms with Gasteiger partial charge in [0.1, 0.15) is 0 Å². The number of benzene rings is 1. The average molecular weight is 387 g/mol. The van der Waals surface area contributed by atoms with Gasteiger partial charge < -0.3 is 4.90 Å². The molecule has 0 aromatic heterocycles. The van der Waals surface area contributed by atoms with Crippen molar-refractivity contribution < 1.29 is 13.2 Å². The molecule has 1 amide bonds. The topological polar surface area (TPSA) is 57.7 Å². The van der Waals surface area contributed by atoms with Crippen LogP contribution in [0.5, 0.6) is 0 Å². The third-order valence-corrected chi connectivity index (χ3v) is 5.86. The number of hydrogen-bond donors (Lipinski definition) is 0. The van der Waals surface area contributed by atoms with Crippen molar-refractivity contribution >= 4 is 31.9 Å². The molecule has 120 valence electrons. The molecule has 1 aromatic rings. The maximum atomic E-state index is 12.5. The van der Waals surface area contributed by atoms with E-state index in [1.165, 1.54) is 4.31 Å². The van der Waals surface area contributed by atoms with Crippen LogP contribution in [-0.2, 0) is 14.8 Å². The van der Waals surface area contributed by atoms with Crippen LogP contribution in [0.15, 0.2) is 45.3 Å². The number of piperazine rings is 1. The van der Waals surface area contributed by atoms with Crippen molar-refractivity contribution in [3.8, 4) is 0 Å². The van der Waals surface area contributed by atoms with E-state index < -0.39 is 10.0 Å². The minimum absolute atomic E-state index is 0.0549. The number of sulfonamides is 1. The van der Waals surface area contributed by atoms with Crippen molar-refractivity contribution in [1.82, 2.24) is 9.21 Å². The number of carbonyl (C=O) groups excluding carboxylic acids is 1. The van der Waals surface area contributed by atoms with Gasteiger partial charge in [-0.1, -0.05) is 21.5 Å². The van der Waals surface area contributed by atoms with E-state index >= 15 is 0 Å². The Morgan fingerprint density at radius 3 is 2.14 bits per heavy atom. The van der Waals surface area contributed by atoms with E-state index in [0.717, 1.165) is 10.0 Å². The van der Waals surface area contributed by atoms with Gasteiger partial charge in [0, 0.05) is 36.7 Å². The molecule has 0 aliphatic carbocycles. The summed E-state index contributed by atoms with van der Waals surface area (Å²) in [7, 11) is -3.49. The van der Waals surface area contributed by atoms with E-state index in [2.05, 4.69) is 15.9 Å². The van der Waals surface area contributed by atoms with Crippen molar-refractivity contribution in [2.75, 3.05) is 26.2 Å². The van der Waals surface area contributed by atoms with Crippen molar-refractivity contribution in [1.29, 1.82) is 0 Å². The minimum Gasteiger partial charge on any atom is -0.337 e. The summed E-state index contributed by atoms with van der Waals surface area (Å²) in [5.41, 5.74) is 0.940. The van der Waals surface area contributed by atoms with Crippen LogP contribution < -0.4 is 0 Å². The van der Waals surface area contributed by atoms with Crippen molar-refractivity contribution in [3.63, 3.8) is 0 Å². The highest BCUT2D eigenvalue weighted by Gasteiger charge is 2.29. The number of amides is 1. The summed E-state index contributed by atoms with van der Waals surface area (Å²) in [6.45, 7) is 5.20. The quantitative estimate of drug-likeness (QED) is 0.748. The molecule has 0 unspecified atom stereocenters. The van der Waals surface area contributed by atoms with E-state index in [4.69, 9.17) is 0 Å². The Kier molecular flexibility index (Phi) is 5.41. The lowest BCUT2D eigenvalue weighted by atomic mass is 10.3. The van der Waals surface area contributed by atoms with Crippen LogP contribution in [0.25, 0.3) is 0 Å². The normalized spacial score (nSPS) is 16.4. The summed E-state index contributed by atoms with van der Waals surface area (Å²) < 4.78 is 27.4.